The van der Waals surface area contributed by atoms with Crippen molar-refractivity contribution in [2.45, 2.75) is 13.5 Å². The van der Waals surface area contributed by atoms with E-state index in [1.165, 1.54) is 6.26 Å². The Morgan fingerprint density at radius 1 is 1.36 bits per heavy atom. The van der Waals surface area contributed by atoms with Gasteiger partial charge in [0.15, 0.2) is 0 Å². The highest BCUT2D eigenvalue weighted by Crippen LogP contribution is 2.30. The minimum Gasteiger partial charge on any atom is -0.463 e. The van der Waals surface area contributed by atoms with E-state index in [0.29, 0.717) is 12.2 Å². The average Bonchev–Trinajstić information content (AvgIpc) is 2.92. The van der Waals surface area contributed by atoms with Gasteiger partial charge in [-0.05, 0) is 19.1 Å². The Balaban J connectivity index is 1.94. The first-order valence-corrected chi connectivity index (χ1v) is 8.15. The molecule has 0 aliphatic carbocycles. The van der Waals surface area contributed by atoms with E-state index in [1.54, 1.807) is 6.92 Å². The van der Waals surface area contributed by atoms with Crippen LogP contribution in [0.2, 0.25) is 0 Å². The van der Waals surface area contributed by atoms with Gasteiger partial charge >= 0.3 is 5.97 Å². The number of benzene rings is 1. The molecule has 3 rings (SSSR count). The zero-order valence-electron chi connectivity index (χ0n) is 12.4. The molecule has 0 amide bonds. The molecule has 5 nitrogen and oxygen atoms in total. The van der Waals surface area contributed by atoms with Gasteiger partial charge in [-0.2, -0.15) is 0 Å². The monoisotopic (exact) mass is 367 g/mol. The van der Waals surface area contributed by atoms with E-state index in [2.05, 4.69) is 20.8 Å². The lowest BCUT2D eigenvalue weighted by molar-refractivity contribution is 0.0342. The molecule has 0 saturated carbocycles. The third kappa shape index (κ3) is 3.19. The van der Waals surface area contributed by atoms with E-state index in [0.717, 1.165) is 53.9 Å². The summed E-state index contributed by atoms with van der Waals surface area (Å²) in [6.45, 7) is 6.22. The third-order valence-electron chi connectivity index (χ3n) is 3.71. The quantitative estimate of drug-likeness (QED) is 0.776. The van der Waals surface area contributed by atoms with Crippen molar-refractivity contribution in [2.75, 3.05) is 32.9 Å². The van der Waals surface area contributed by atoms with Crippen molar-refractivity contribution in [3.05, 3.63) is 34.0 Å². The molecule has 0 atom stereocenters. The van der Waals surface area contributed by atoms with Gasteiger partial charge in [0.1, 0.15) is 17.4 Å². The first kappa shape index (κ1) is 15.5. The van der Waals surface area contributed by atoms with Crippen LogP contribution in [-0.4, -0.2) is 43.8 Å². The second-order valence-electron chi connectivity index (χ2n) is 5.20. The van der Waals surface area contributed by atoms with Crippen molar-refractivity contribution in [1.82, 2.24) is 4.90 Å². The number of halogens is 1. The molecule has 118 valence electrons. The van der Waals surface area contributed by atoms with Gasteiger partial charge in [-0.25, -0.2) is 4.79 Å². The summed E-state index contributed by atoms with van der Waals surface area (Å²) in [5.41, 5.74) is 2.28. The number of carbonyl (C=O) groups is 1. The summed E-state index contributed by atoms with van der Waals surface area (Å²) in [4.78, 5) is 14.3. The maximum Gasteiger partial charge on any atom is 0.342 e. The van der Waals surface area contributed by atoms with Gasteiger partial charge < -0.3 is 13.9 Å². The van der Waals surface area contributed by atoms with Crippen molar-refractivity contribution in [1.29, 1.82) is 0 Å². The lowest BCUT2D eigenvalue weighted by Crippen LogP contribution is -2.35. The van der Waals surface area contributed by atoms with Gasteiger partial charge in [0.05, 0.1) is 19.8 Å². The molecule has 1 saturated heterocycles. The lowest BCUT2D eigenvalue weighted by Gasteiger charge is -2.26. The fourth-order valence-corrected chi connectivity index (χ4v) is 3.16. The number of hydrogen-bond donors (Lipinski definition) is 0. The normalized spacial score (nSPS) is 16.1. The number of carbonyl (C=O) groups excluding carboxylic acids is 1. The summed E-state index contributed by atoms with van der Waals surface area (Å²) in [5, 5.41) is 0.788. The van der Waals surface area contributed by atoms with Gasteiger partial charge in [-0.3, -0.25) is 4.90 Å². The highest BCUT2D eigenvalue weighted by atomic mass is 79.9. The van der Waals surface area contributed by atoms with Crippen LogP contribution in [0, 0.1) is 0 Å². The van der Waals surface area contributed by atoms with Gasteiger partial charge in [-0.1, -0.05) is 15.9 Å². The molecule has 0 unspecified atom stereocenters. The van der Waals surface area contributed by atoms with E-state index in [-0.39, 0.29) is 5.97 Å². The minimum absolute atomic E-state index is 0.347. The van der Waals surface area contributed by atoms with Crippen molar-refractivity contribution in [3.63, 3.8) is 0 Å². The summed E-state index contributed by atoms with van der Waals surface area (Å²) in [5.74, 6) is -0.350. The van der Waals surface area contributed by atoms with Crippen LogP contribution in [0.1, 0.15) is 22.8 Å². The minimum atomic E-state index is -0.350. The van der Waals surface area contributed by atoms with Crippen LogP contribution in [0.3, 0.4) is 0 Å². The number of hydrogen-bond acceptors (Lipinski definition) is 5. The first-order chi connectivity index (χ1) is 10.7. The molecule has 22 heavy (non-hydrogen) atoms. The largest absolute Gasteiger partial charge is 0.463 e. The van der Waals surface area contributed by atoms with Crippen molar-refractivity contribution in [2.24, 2.45) is 0 Å². The van der Waals surface area contributed by atoms with Crippen molar-refractivity contribution >= 4 is 32.9 Å². The Hall–Kier alpha value is -1.37. The van der Waals surface area contributed by atoms with Gasteiger partial charge in [0.2, 0.25) is 0 Å². The van der Waals surface area contributed by atoms with Crippen LogP contribution in [0.25, 0.3) is 11.0 Å². The summed E-state index contributed by atoms with van der Waals surface area (Å²) in [6, 6.07) is 3.93. The SMILES string of the molecule is CCOC(=O)c1coc2c(CN3CCOCC3)cc(Br)cc12. The number of esters is 1. The van der Waals surface area contributed by atoms with Crippen LogP contribution in [0.4, 0.5) is 0 Å². The molecule has 0 spiro atoms. The fraction of sp³-hybridized carbons (Fsp3) is 0.438. The van der Waals surface area contributed by atoms with Gasteiger partial charge in [0, 0.05) is 35.1 Å². The second kappa shape index (κ2) is 6.81. The summed E-state index contributed by atoms with van der Waals surface area (Å²) < 4.78 is 17.0. The predicted molar refractivity (Wildman–Crippen MR) is 86.0 cm³/mol. The number of furan rings is 1. The lowest BCUT2D eigenvalue weighted by atomic mass is 10.1. The number of ether oxygens (including phenoxy) is 2. The van der Waals surface area contributed by atoms with E-state index >= 15 is 0 Å². The van der Waals surface area contributed by atoms with Crippen molar-refractivity contribution < 1.29 is 18.7 Å². The van der Waals surface area contributed by atoms with Crippen LogP contribution in [-0.2, 0) is 16.0 Å². The Bertz CT molecular complexity index is 676. The summed E-state index contributed by atoms with van der Waals surface area (Å²) >= 11 is 3.52. The molecule has 2 aromatic rings. The Labute approximate surface area is 137 Å². The summed E-state index contributed by atoms with van der Waals surface area (Å²) in [6.07, 6.45) is 1.48. The third-order valence-corrected chi connectivity index (χ3v) is 4.17. The van der Waals surface area contributed by atoms with Gasteiger partial charge in [0.25, 0.3) is 0 Å². The number of nitrogens with zero attached hydrogens (tertiary/aromatic N) is 1. The molecule has 1 fully saturated rings. The molecule has 1 aliphatic rings. The molecule has 1 aromatic carbocycles. The van der Waals surface area contributed by atoms with Crippen LogP contribution < -0.4 is 0 Å². The molecule has 1 aliphatic heterocycles. The van der Waals surface area contributed by atoms with E-state index in [9.17, 15) is 4.79 Å². The molecule has 2 heterocycles. The standard InChI is InChI=1S/C16H18BrNO4/c1-2-21-16(19)14-10-22-15-11(7-12(17)8-13(14)15)9-18-3-5-20-6-4-18/h7-8,10H,2-6,9H2,1H3. The van der Waals surface area contributed by atoms with Crippen LogP contribution >= 0.6 is 15.9 Å². The first-order valence-electron chi connectivity index (χ1n) is 7.36. The van der Waals surface area contributed by atoms with Crippen LogP contribution in [0.15, 0.2) is 27.3 Å². The predicted octanol–water partition coefficient (Wildman–Crippen LogP) is 3.20. The van der Waals surface area contributed by atoms with Crippen molar-refractivity contribution in [3.8, 4) is 0 Å². The molecule has 1 aromatic heterocycles. The Morgan fingerprint density at radius 2 is 2.14 bits per heavy atom. The Morgan fingerprint density at radius 3 is 2.86 bits per heavy atom. The molecular weight excluding hydrogens is 350 g/mol. The molecular formula is C16H18BrNO4. The average molecular weight is 368 g/mol. The highest BCUT2D eigenvalue weighted by molar-refractivity contribution is 9.10. The number of rotatable bonds is 4. The van der Waals surface area contributed by atoms with E-state index in [1.807, 2.05) is 12.1 Å². The van der Waals surface area contributed by atoms with E-state index < -0.39 is 0 Å². The zero-order valence-corrected chi connectivity index (χ0v) is 14.0. The maximum atomic E-state index is 12.0. The van der Waals surface area contributed by atoms with E-state index in [4.69, 9.17) is 13.9 Å². The maximum absolute atomic E-state index is 12.0. The smallest absolute Gasteiger partial charge is 0.342 e. The topological polar surface area (TPSA) is 51.9 Å². The highest BCUT2D eigenvalue weighted by Gasteiger charge is 2.19. The fourth-order valence-electron chi connectivity index (χ4n) is 2.66. The number of fused-ring (bicyclic) bond motifs is 1. The Kier molecular flexibility index (Phi) is 4.81. The van der Waals surface area contributed by atoms with Gasteiger partial charge in [-0.15, -0.1) is 0 Å². The second-order valence-corrected chi connectivity index (χ2v) is 6.12. The molecule has 0 bridgehead atoms. The molecule has 0 radical (unpaired) electrons. The molecule has 6 heteroatoms. The number of morpholine rings is 1. The zero-order chi connectivity index (χ0) is 15.5. The van der Waals surface area contributed by atoms with Crippen LogP contribution in [0.5, 0.6) is 0 Å². The summed E-state index contributed by atoms with van der Waals surface area (Å²) in [7, 11) is 0. The molecule has 0 N–H and O–H groups in total.